The van der Waals surface area contributed by atoms with Gasteiger partial charge in [0.25, 0.3) is 5.56 Å². The molecule has 1 aliphatic carbocycles. The standard InChI is InChI=1S/C14H12N4O2/c19-12-8-4-3-6-9(8)15-13(17-12)18-14-16-10-5-1-2-7-11(10)20-14/h1-2,5,7H,3-4,6H2,(H2,15,16,17,18,19). The number of para-hydroxylation sites is 2. The molecule has 100 valence electrons. The van der Waals surface area contributed by atoms with Crippen LogP contribution < -0.4 is 10.9 Å². The second-order valence-corrected chi connectivity index (χ2v) is 4.81. The highest BCUT2D eigenvalue weighted by molar-refractivity contribution is 5.74. The number of aromatic nitrogens is 3. The van der Waals surface area contributed by atoms with Gasteiger partial charge in [-0.05, 0) is 31.4 Å². The summed E-state index contributed by atoms with van der Waals surface area (Å²) in [6.45, 7) is 0. The first kappa shape index (κ1) is 11.2. The van der Waals surface area contributed by atoms with Gasteiger partial charge in [-0.3, -0.25) is 15.1 Å². The lowest BCUT2D eigenvalue weighted by molar-refractivity contribution is 0.621. The highest BCUT2D eigenvalue weighted by Crippen LogP contribution is 2.21. The van der Waals surface area contributed by atoms with Crippen molar-refractivity contribution >= 4 is 23.1 Å². The van der Waals surface area contributed by atoms with Crippen molar-refractivity contribution in [2.45, 2.75) is 19.3 Å². The van der Waals surface area contributed by atoms with E-state index in [9.17, 15) is 4.79 Å². The van der Waals surface area contributed by atoms with E-state index in [2.05, 4.69) is 20.3 Å². The minimum Gasteiger partial charge on any atom is -0.423 e. The molecule has 0 atom stereocenters. The number of anilines is 2. The molecular weight excluding hydrogens is 256 g/mol. The maximum atomic E-state index is 11.9. The molecule has 2 heterocycles. The average molecular weight is 268 g/mol. The Bertz CT molecular complexity index is 817. The maximum Gasteiger partial charge on any atom is 0.302 e. The van der Waals surface area contributed by atoms with E-state index < -0.39 is 0 Å². The van der Waals surface area contributed by atoms with Gasteiger partial charge in [-0.1, -0.05) is 12.1 Å². The van der Waals surface area contributed by atoms with Crippen molar-refractivity contribution in [3.05, 3.63) is 45.9 Å². The number of benzene rings is 1. The second kappa shape index (κ2) is 4.19. The SMILES string of the molecule is O=c1[nH]c(Nc2nc3ccccc3o2)nc2c1CCC2. The molecule has 1 aromatic carbocycles. The molecule has 0 fully saturated rings. The molecule has 20 heavy (non-hydrogen) atoms. The molecule has 0 saturated carbocycles. The fourth-order valence-electron chi connectivity index (χ4n) is 2.53. The smallest absolute Gasteiger partial charge is 0.302 e. The van der Waals surface area contributed by atoms with Crippen LogP contribution >= 0.6 is 0 Å². The van der Waals surface area contributed by atoms with Gasteiger partial charge in [0.15, 0.2) is 5.58 Å². The molecule has 2 N–H and O–H groups in total. The summed E-state index contributed by atoms with van der Waals surface area (Å²) in [5.74, 6) is 0.377. The van der Waals surface area contributed by atoms with Crippen molar-refractivity contribution in [3.8, 4) is 0 Å². The molecule has 3 aromatic rings. The van der Waals surface area contributed by atoms with Crippen LogP contribution in [-0.2, 0) is 12.8 Å². The highest BCUT2D eigenvalue weighted by Gasteiger charge is 2.17. The Hall–Kier alpha value is -2.63. The average Bonchev–Trinajstić information content (AvgIpc) is 3.04. The summed E-state index contributed by atoms with van der Waals surface area (Å²) in [4.78, 5) is 23.3. The van der Waals surface area contributed by atoms with E-state index in [1.165, 1.54) is 0 Å². The van der Waals surface area contributed by atoms with Crippen LogP contribution in [0.25, 0.3) is 11.1 Å². The van der Waals surface area contributed by atoms with Crippen molar-refractivity contribution in [2.75, 3.05) is 5.32 Å². The zero-order chi connectivity index (χ0) is 13.5. The summed E-state index contributed by atoms with van der Waals surface area (Å²) in [7, 11) is 0. The normalized spacial score (nSPS) is 13.6. The Morgan fingerprint density at radius 1 is 1.20 bits per heavy atom. The number of oxazole rings is 1. The fourth-order valence-corrected chi connectivity index (χ4v) is 2.53. The van der Waals surface area contributed by atoms with Gasteiger partial charge in [0.2, 0.25) is 5.95 Å². The largest absolute Gasteiger partial charge is 0.423 e. The van der Waals surface area contributed by atoms with Gasteiger partial charge in [-0.25, -0.2) is 4.98 Å². The van der Waals surface area contributed by atoms with Gasteiger partial charge >= 0.3 is 6.01 Å². The molecule has 0 bridgehead atoms. The van der Waals surface area contributed by atoms with Gasteiger partial charge in [0, 0.05) is 5.56 Å². The van der Waals surface area contributed by atoms with Crippen molar-refractivity contribution in [3.63, 3.8) is 0 Å². The van der Waals surface area contributed by atoms with Gasteiger partial charge in [0.05, 0.1) is 5.69 Å². The third-order valence-electron chi connectivity index (χ3n) is 3.46. The summed E-state index contributed by atoms with van der Waals surface area (Å²) >= 11 is 0. The quantitative estimate of drug-likeness (QED) is 0.744. The molecule has 0 saturated heterocycles. The van der Waals surface area contributed by atoms with Crippen LogP contribution in [-0.4, -0.2) is 15.0 Å². The predicted octanol–water partition coefficient (Wildman–Crippen LogP) is 2.14. The maximum absolute atomic E-state index is 11.9. The zero-order valence-corrected chi connectivity index (χ0v) is 10.6. The number of aromatic amines is 1. The lowest BCUT2D eigenvalue weighted by atomic mass is 10.3. The highest BCUT2D eigenvalue weighted by atomic mass is 16.4. The van der Waals surface area contributed by atoms with Crippen LogP contribution in [0.1, 0.15) is 17.7 Å². The Balaban J connectivity index is 1.72. The number of nitrogens with one attached hydrogen (secondary N) is 2. The first-order valence-corrected chi connectivity index (χ1v) is 6.54. The summed E-state index contributed by atoms with van der Waals surface area (Å²) < 4.78 is 5.55. The van der Waals surface area contributed by atoms with Gasteiger partial charge in [0.1, 0.15) is 5.52 Å². The number of rotatable bonds is 2. The van der Waals surface area contributed by atoms with Crippen molar-refractivity contribution < 1.29 is 4.42 Å². The van der Waals surface area contributed by atoms with Crippen molar-refractivity contribution in [1.29, 1.82) is 0 Å². The molecule has 0 aliphatic heterocycles. The number of fused-ring (bicyclic) bond motifs is 2. The van der Waals surface area contributed by atoms with E-state index in [-0.39, 0.29) is 5.56 Å². The van der Waals surface area contributed by atoms with Crippen LogP contribution in [0.2, 0.25) is 0 Å². The Kier molecular flexibility index (Phi) is 2.35. The zero-order valence-electron chi connectivity index (χ0n) is 10.6. The van der Waals surface area contributed by atoms with Gasteiger partial charge in [-0.15, -0.1) is 0 Å². The van der Waals surface area contributed by atoms with E-state index in [4.69, 9.17) is 4.42 Å². The van der Waals surface area contributed by atoms with E-state index in [0.717, 1.165) is 36.0 Å². The Morgan fingerprint density at radius 3 is 3.00 bits per heavy atom. The number of hydrogen-bond donors (Lipinski definition) is 2. The van der Waals surface area contributed by atoms with E-state index in [0.29, 0.717) is 17.5 Å². The topological polar surface area (TPSA) is 83.8 Å². The Labute approximate surface area is 113 Å². The lowest BCUT2D eigenvalue weighted by Gasteiger charge is -2.03. The van der Waals surface area contributed by atoms with Crippen LogP contribution in [0, 0.1) is 0 Å². The molecule has 0 radical (unpaired) electrons. The lowest BCUT2D eigenvalue weighted by Crippen LogP contribution is -2.16. The second-order valence-electron chi connectivity index (χ2n) is 4.81. The number of H-pyrrole nitrogens is 1. The summed E-state index contributed by atoms with van der Waals surface area (Å²) in [6, 6.07) is 7.80. The van der Waals surface area contributed by atoms with E-state index in [1.807, 2.05) is 24.3 Å². The van der Waals surface area contributed by atoms with Crippen LogP contribution in [0.15, 0.2) is 33.5 Å². The fraction of sp³-hybridized carbons (Fsp3) is 0.214. The van der Waals surface area contributed by atoms with E-state index in [1.54, 1.807) is 0 Å². The molecule has 0 unspecified atom stereocenters. The monoisotopic (exact) mass is 268 g/mol. The molecular formula is C14H12N4O2. The molecule has 4 rings (SSSR count). The van der Waals surface area contributed by atoms with Crippen LogP contribution in [0.5, 0.6) is 0 Å². The molecule has 6 nitrogen and oxygen atoms in total. The third kappa shape index (κ3) is 1.77. The predicted molar refractivity (Wildman–Crippen MR) is 74.2 cm³/mol. The molecule has 1 aliphatic rings. The summed E-state index contributed by atoms with van der Waals surface area (Å²) in [6.07, 6.45) is 2.64. The molecule has 0 amide bonds. The first-order valence-electron chi connectivity index (χ1n) is 6.54. The van der Waals surface area contributed by atoms with Crippen LogP contribution in [0.3, 0.4) is 0 Å². The van der Waals surface area contributed by atoms with Gasteiger partial charge < -0.3 is 4.42 Å². The first-order chi connectivity index (χ1) is 9.79. The molecule has 6 heteroatoms. The van der Waals surface area contributed by atoms with Crippen molar-refractivity contribution in [1.82, 2.24) is 15.0 Å². The summed E-state index contributed by atoms with van der Waals surface area (Å²) in [5.41, 5.74) is 3.05. The minimum absolute atomic E-state index is 0.0777. The van der Waals surface area contributed by atoms with Crippen LogP contribution in [0.4, 0.5) is 12.0 Å². The molecule has 2 aromatic heterocycles. The van der Waals surface area contributed by atoms with E-state index >= 15 is 0 Å². The number of hydrogen-bond acceptors (Lipinski definition) is 5. The third-order valence-corrected chi connectivity index (χ3v) is 3.46. The summed E-state index contributed by atoms with van der Waals surface area (Å²) in [5, 5.41) is 2.92. The number of aryl methyl sites for hydroxylation is 1. The van der Waals surface area contributed by atoms with Crippen molar-refractivity contribution in [2.24, 2.45) is 0 Å². The van der Waals surface area contributed by atoms with Gasteiger partial charge in [-0.2, -0.15) is 4.98 Å². The Morgan fingerprint density at radius 2 is 2.10 bits per heavy atom. The number of nitrogens with zero attached hydrogens (tertiary/aromatic N) is 2. The molecule has 0 spiro atoms. The minimum atomic E-state index is -0.0777.